The zero-order valence-electron chi connectivity index (χ0n) is 13.8. The molecule has 0 fully saturated rings. The van der Waals surface area contributed by atoms with Gasteiger partial charge < -0.3 is 14.2 Å². The average Bonchev–Trinajstić information content (AvgIpc) is 2.56. The number of hydrogen-bond acceptors (Lipinski definition) is 4. The monoisotopic (exact) mass is 314 g/mol. The minimum absolute atomic E-state index is 0.0838. The van der Waals surface area contributed by atoms with Crippen molar-refractivity contribution in [3.63, 3.8) is 0 Å². The average molecular weight is 314 g/mol. The highest BCUT2D eigenvalue weighted by Gasteiger charge is 2.16. The Morgan fingerprint density at radius 1 is 0.783 bits per heavy atom. The highest BCUT2D eigenvalue weighted by molar-refractivity contribution is 6.10. The van der Waals surface area contributed by atoms with Gasteiger partial charge in [0.1, 0.15) is 17.2 Å². The van der Waals surface area contributed by atoms with Gasteiger partial charge in [0.25, 0.3) is 0 Å². The van der Waals surface area contributed by atoms with Crippen molar-refractivity contribution < 1.29 is 19.0 Å². The van der Waals surface area contributed by atoms with Crippen molar-refractivity contribution >= 4 is 5.78 Å². The van der Waals surface area contributed by atoms with Gasteiger partial charge in [0.15, 0.2) is 5.78 Å². The maximum absolute atomic E-state index is 12.7. The molecule has 0 atom stereocenters. The van der Waals surface area contributed by atoms with Crippen molar-refractivity contribution in [1.29, 1.82) is 0 Å². The first-order chi connectivity index (χ1) is 11.2. The predicted molar refractivity (Wildman–Crippen MR) is 89.8 cm³/mol. The van der Waals surface area contributed by atoms with Crippen molar-refractivity contribution in [2.24, 2.45) is 0 Å². The fourth-order valence-electron chi connectivity index (χ4n) is 2.25. The molecular formula is C19H22O4. The van der Waals surface area contributed by atoms with E-state index in [0.717, 1.165) is 5.75 Å². The van der Waals surface area contributed by atoms with E-state index >= 15 is 0 Å². The number of carbonyl (C=O) groups excluding carboxylic acids is 1. The molecule has 0 N–H and O–H groups in total. The third-order valence-corrected chi connectivity index (χ3v) is 3.24. The van der Waals surface area contributed by atoms with E-state index in [9.17, 15) is 4.79 Å². The zero-order valence-corrected chi connectivity index (χ0v) is 13.8. The quantitative estimate of drug-likeness (QED) is 0.688. The number of rotatable bonds is 8. The van der Waals surface area contributed by atoms with E-state index in [1.807, 2.05) is 20.8 Å². The first-order valence-corrected chi connectivity index (χ1v) is 7.86. The van der Waals surface area contributed by atoms with Gasteiger partial charge in [-0.2, -0.15) is 0 Å². The summed E-state index contributed by atoms with van der Waals surface area (Å²) < 4.78 is 16.5. The zero-order chi connectivity index (χ0) is 16.7. The predicted octanol–water partition coefficient (Wildman–Crippen LogP) is 4.11. The summed E-state index contributed by atoms with van der Waals surface area (Å²) in [5, 5.41) is 0. The molecule has 0 spiro atoms. The molecule has 2 aromatic rings. The maximum Gasteiger partial charge on any atom is 0.196 e. The molecule has 0 radical (unpaired) electrons. The van der Waals surface area contributed by atoms with Gasteiger partial charge in [-0.25, -0.2) is 0 Å². The molecule has 0 bridgehead atoms. The van der Waals surface area contributed by atoms with Crippen molar-refractivity contribution in [2.75, 3.05) is 19.8 Å². The van der Waals surface area contributed by atoms with Crippen molar-refractivity contribution in [1.82, 2.24) is 0 Å². The molecule has 23 heavy (non-hydrogen) atoms. The summed E-state index contributed by atoms with van der Waals surface area (Å²) in [6.45, 7) is 7.38. The van der Waals surface area contributed by atoms with Crippen LogP contribution in [0.4, 0.5) is 0 Å². The van der Waals surface area contributed by atoms with Gasteiger partial charge in [-0.1, -0.05) is 0 Å². The Morgan fingerprint density at radius 2 is 1.35 bits per heavy atom. The number of hydrogen-bond donors (Lipinski definition) is 0. The molecule has 0 aliphatic heterocycles. The molecule has 0 aliphatic carbocycles. The summed E-state index contributed by atoms with van der Waals surface area (Å²) in [5.41, 5.74) is 1.12. The molecule has 4 nitrogen and oxygen atoms in total. The van der Waals surface area contributed by atoms with Crippen LogP contribution in [-0.2, 0) is 0 Å². The molecule has 0 saturated heterocycles. The second-order valence-corrected chi connectivity index (χ2v) is 4.81. The molecule has 0 unspecified atom stereocenters. The van der Waals surface area contributed by atoms with Crippen molar-refractivity contribution in [2.45, 2.75) is 20.8 Å². The Morgan fingerprint density at radius 3 is 1.96 bits per heavy atom. The number of ether oxygens (including phenoxy) is 3. The topological polar surface area (TPSA) is 44.8 Å². The highest BCUT2D eigenvalue weighted by atomic mass is 16.5. The lowest BCUT2D eigenvalue weighted by Gasteiger charge is -2.12. The molecule has 0 saturated carbocycles. The summed E-state index contributed by atoms with van der Waals surface area (Å²) >= 11 is 0. The number of benzene rings is 2. The third-order valence-electron chi connectivity index (χ3n) is 3.24. The number of carbonyl (C=O) groups is 1. The van der Waals surface area contributed by atoms with Gasteiger partial charge >= 0.3 is 0 Å². The molecule has 2 rings (SSSR count). The molecule has 0 heterocycles. The van der Waals surface area contributed by atoms with Crippen LogP contribution >= 0.6 is 0 Å². The van der Waals surface area contributed by atoms with Crippen molar-refractivity contribution in [3.8, 4) is 17.2 Å². The van der Waals surface area contributed by atoms with E-state index in [1.54, 1.807) is 42.5 Å². The second kappa shape index (κ2) is 8.22. The Kier molecular flexibility index (Phi) is 6.03. The van der Waals surface area contributed by atoms with Crippen LogP contribution in [-0.4, -0.2) is 25.6 Å². The fourth-order valence-corrected chi connectivity index (χ4v) is 2.25. The standard InChI is InChI=1S/C19H22O4/c1-4-21-15-9-7-14(8-10-15)19(20)17-12-11-16(22-5-2)13-18(17)23-6-3/h7-13H,4-6H2,1-3H3. The summed E-state index contributed by atoms with van der Waals surface area (Å²) in [5.74, 6) is 1.90. The van der Waals surface area contributed by atoms with Crippen LogP contribution in [0, 0.1) is 0 Å². The Bertz CT molecular complexity index is 647. The van der Waals surface area contributed by atoms with Gasteiger partial charge in [0.05, 0.1) is 25.4 Å². The lowest BCUT2D eigenvalue weighted by atomic mass is 10.0. The smallest absolute Gasteiger partial charge is 0.196 e. The number of ketones is 1. The van der Waals surface area contributed by atoms with Gasteiger partial charge in [-0.05, 0) is 57.2 Å². The van der Waals surface area contributed by atoms with E-state index < -0.39 is 0 Å². The van der Waals surface area contributed by atoms with Crippen LogP contribution in [0.15, 0.2) is 42.5 Å². The van der Waals surface area contributed by atoms with Crippen LogP contribution < -0.4 is 14.2 Å². The third kappa shape index (κ3) is 4.25. The van der Waals surface area contributed by atoms with Crippen molar-refractivity contribution in [3.05, 3.63) is 53.6 Å². The van der Waals surface area contributed by atoms with Crippen LogP contribution in [0.3, 0.4) is 0 Å². The maximum atomic E-state index is 12.7. The highest BCUT2D eigenvalue weighted by Crippen LogP contribution is 2.28. The van der Waals surface area contributed by atoms with Crippen LogP contribution in [0.25, 0.3) is 0 Å². The Labute approximate surface area is 137 Å². The first kappa shape index (κ1) is 16.9. The molecular weight excluding hydrogens is 292 g/mol. The summed E-state index contributed by atoms with van der Waals surface area (Å²) in [6, 6.07) is 12.4. The van der Waals surface area contributed by atoms with Crippen LogP contribution in [0.1, 0.15) is 36.7 Å². The van der Waals surface area contributed by atoms with E-state index in [2.05, 4.69) is 0 Å². The van der Waals surface area contributed by atoms with Gasteiger partial charge in [0.2, 0.25) is 0 Å². The SMILES string of the molecule is CCOc1ccc(C(=O)c2ccc(OCC)cc2OCC)cc1. The minimum Gasteiger partial charge on any atom is -0.494 e. The van der Waals surface area contributed by atoms with E-state index in [1.165, 1.54) is 0 Å². The minimum atomic E-state index is -0.0838. The van der Waals surface area contributed by atoms with E-state index in [0.29, 0.717) is 42.4 Å². The molecule has 0 aliphatic rings. The first-order valence-electron chi connectivity index (χ1n) is 7.86. The van der Waals surface area contributed by atoms with E-state index in [4.69, 9.17) is 14.2 Å². The molecule has 0 amide bonds. The second-order valence-electron chi connectivity index (χ2n) is 4.81. The lowest BCUT2D eigenvalue weighted by molar-refractivity contribution is 0.103. The summed E-state index contributed by atoms with van der Waals surface area (Å²) in [7, 11) is 0. The summed E-state index contributed by atoms with van der Waals surface area (Å²) in [6.07, 6.45) is 0. The van der Waals surface area contributed by atoms with Gasteiger partial charge in [-0.3, -0.25) is 4.79 Å². The molecule has 4 heteroatoms. The van der Waals surface area contributed by atoms with Crippen LogP contribution in [0.5, 0.6) is 17.2 Å². The van der Waals surface area contributed by atoms with Gasteiger partial charge in [0, 0.05) is 11.6 Å². The van der Waals surface area contributed by atoms with Gasteiger partial charge in [-0.15, -0.1) is 0 Å². The van der Waals surface area contributed by atoms with E-state index in [-0.39, 0.29) is 5.78 Å². The fraction of sp³-hybridized carbons (Fsp3) is 0.316. The summed E-state index contributed by atoms with van der Waals surface area (Å²) in [4.78, 5) is 12.7. The molecule has 122 valence electrons. The molecule has 2 aromatic carbocycles. The molecule has 0 aromatic heterocycles. The lowest BCUT2D eigenvalue weighted by Crippen LogP contribution is -2.06. The Hall–Kier alpha value is -2.49. The van der Waals surface area contributed by atoms with Crippen LogP contribution in [0.2, 0.25) is 0 Å². The Balaban J connectivity index is 2.29. The normalized spacial score (nSPS) is 10.2. The largest absolute Gasteiger partial charge is 0.494 e.